The van der Waals surface area contributed by atoms with Gasteiger partial charge in [0.25, 0.3) is 0 Å². The molecule has 0 fully saturated rings. The topological polar surface area (TPSA) is 101 Å². The predicted molar refractivity (Wildman–Crippen MR) is 289 cm³/mol. The number of carbonyl (C=O) groups is 2. The Bertz CT molecular complexity index is 3360. The van der Waals surface area contributed by atoms with Gasteiger partial charge < -0.3 is 20.1 Å². The van der Waals surface area contributed by atoms with Gasteiger partial charge in [-0.15, -0.1) is 0 Å². The van der Waals surface area contributed by atoms with Crippen LogP contribution in [0.1, 0.15) is 112 Å². The summed E-state index contributed by atoms with van der Waals surface area (Å²) in [6.07, 6.45) is 0. The second-order valence-corrected chi connectivity index (χ2v) is 20.8. The number of aliphatic imine (C=N–C) groups is 2. The molecule has 12 rings (SSSR count). The van der Waals surface area contributed by atoms with Crippen LogP contribution >= 0.6 is 0 Å². The van der Waals surface area contributed by atoms with E-state index in [0.29, 0.717) is 79.3 Å². The van der Waals surface area contributed by atoms with E-state index >= 15 is 9.59 Å². The number of nitrogens with one attached hydrogen (secondary N) is 2. The molecule has 350 valence electrons. The number of rotatable bonds is 0. The van der Waals surface area contributed by atoms with Crippen LogP contribution in [0.2, 0.25) is 0 Å². The Balaban J connectivity index is 1.24. The number of ether oxygens (including phenoxy) is 2. The van der Waals surface area contributed by atoms with Crippen molar-refractivity contribution >= 4 is 78.1 Å². The molecule has 4 heterocycles. The van der Waals surface area contributed by atoms with Gasteiger partial charge in [-0.3, -0.25) is 19.6 Å². The number of nitrogens with zero attached hydrogens (tertiary/aromatic N) is 2. The molecule has 0 atom stereocenters. The van der Waals surface area contributed by atoms with E-state index in [1.165, 1.54) is 21.9 Å². The molecule has 8 heteroatoms. The molecule has 0 unspecified atom stereocenters. The zero-order valence-corrected chi connectivity index (χ0v) is 41.6. The number of benzene rings is 8. The van der Waals surface area contributed by atoms with E-state index in [1.54, 1.807) is 0 Å². The first kappa shape index (κ1) is 45.9. The average molecular weight is 923 g/mol. The monoisotopic (exact) mass is 922 g/mol. The minimum absolute atomic E-state index is 0.144. The van der Waals surface area contributed by atoms with Gasteiger partial charge in [-0.1, -0.05) is 114 Å². The Labute approximate surface area is 410 Å². The zero-order chi connectivity index (χ0) is 49.2. The average Bonchev–Trinajstić information content (AvgIpc) is 3.32. The van der Waals surface area contributed by atoms with Crippen molar-refractivity contribution in [2.75, 3.05) is 10.6 Å². The number of anilines is 2. The third-order valence-electron chi connectivity index (χ3n) is 13.6. The second-order valence-electron chi connectivity index (χ2n) is 20.8. The highest BCUT2D eigenvalue weighted by Gasteiger charge is 2.26. The highest BCUT2D eigenvalue weighted by atomic mass is 16.5. The summed E-state index contributed by atoms with van der Waals surface area (Å²) in [5.74, 6) is 0.717. The van der Waals surface area contributed by atoms with Crippen LogP contribution in [0, 0.1) is 0 Å². The lowest BCUT2D eigenvalue weighted by Crippen LogP contribution is -2.18. The maximum Gasteiger partial charge on any atom is 0.196 e. The van der Waals surface area contributed by atoms with Crippen LogP contribution in [0.3, 0.4) is 0 Å². The third kappa shape index (κ3) is 8.63. The molecule has 2 N–H and O–H groups in total. The van der Waals surface area contributed by atoms with Gasteiger partial charge in [0.2, 0.25) is 0 Å². The van der Waals surface area contributed by atoms with Gasteiger partial charge >= 0.3 is 0 Å². The molecule has 0 saturated carbocycles. The molecular weight excluding hydrogens is 865 g/mol. The fraction of sp³-hybridized carbons (Fsp3) is 0.226. The highest BCUT2D eigenvalue weighted by molar-refractivity contribution is 6.30. The zero-order valence-electron chi connectivity index (χ0n) is 41.6. The summed E-state index contributed by atoms with van der Waals surface area (Å²) in [5, 5.41) is 13.9. The summed E-state index contributed by atoms with van der Waals surface area (Å²) in [6, 6.07) is 44.0. The Hall–Kier alpha value is -7.84. The lowest BCUT2D eigenvalue weighted by molar-refractivity contribution is 0.103. The molecule has 0 radical (unpaired) electrons. The Morgan fingerprint density at radius 3 is 1.27 bits per heavy atom. The number of Topliss-reactive ketones (excluding diaryl/α,β-unsaturated/α-hetero) is 2. The summed E-state index contributed by atoms with van der Waals surface area (Å²) in [7, 11) is 0. The van der Waals surface area contributed by atoms with Crippen molar-refractivity contribution in [1.82, 2.24) is 0 Å². The largest absolute Gasteiger partial charge is 0.489 e. The van der Waals surface area contributed by atoms with E-state index in [1.807, 2.05) is 125 Å². The fourth-order valence-electron chi connectivity index (χ4n) is 9.89. The number of ketones is 2. The van der Waals surface area contributed by atoms with Gasteiger partial charge in [-0.25, -0.2) is 0 Å². The van der Waals surface area contributed by atoms with Crippen LogP contribution in [0.15, 0.2) is 166 Å². The molecule has 4 aliphatic rings. The number of carbonyl (C=O) groups excluding carboxylic acids is 2. The van der Waals surface area contributed by atoms with Crippen molar-refractivity contribution < 1.29 is 19.1 Å². The van der Waals surface area contributed by atoms with E-state index < -0.39 is 0 Å². The van der Waals surface area contributed by atoms with Gasteiger partial charge in [0.1, 0.15) is 24.7 Å². The Morgan fingerprint density at radius 1 is 0.471 bits per heavy atom. The standard InChI is InChI=1S/C62H58N4O4/c1-35-55-36(2)64-53-23-13-14-24-54(53)66-38(4)56(37(3)65-52-22-12-11-21-51(52)63-35)60(68)40-18-16-20-48(30-40)70-34-44-26-42-28-45(61(5,6)7)31-49-43(33-69-47-19-15-17-39(29-47)59(55)67)25-41-27-46(62(8,9)10)32-50(44)58(41)57(42)49/h11-32,63,66H,33-34H2,1-10H3/b55-35-,56-38?,64-36?,65-37?. The number of allylic oxidation sites excluding steroid dienone is 4. The van der Waals surface area contributed by atoms with Gasteiger partial charge in [0, 0.05) is 22.5 Å². The molecule has 0 spiro atoms. The lowest BCUT2D eigenvalue weighted by atomic mass is 9.79. The minimum atomic E-state index is -0.217. The smallest absolute Gasteiger partial charge is 0.196 e. The van der Waals surface area contributed by atoms with Crippen LogP contribution in [0.25, 0.3) is 32.3 Å². The summed E-state index contributed by atoms with van der Waals surface area (Å²) >= 11 is 0. The van der Waals surface area contributed by atoms with Crippen LogP contribution in [0.5, 0.6) is 11.5 Å². The number of fused-ring (bicyclic) bond motifs is 1. The van der Waals surface area contributed by atoms with Gasteiger partial charge in [0.05, 0.1) is 45.3 Å². The van der Waals surface area contributed by atoms with Crippen LogP contribution in [0.4, 0.5) is 22.7 Å². The van der Waals surface area contributed by atoms with E-state index in [2.05, 4.69) is 88.6 Å². The Morgan fingerprint density at radius 2 is 0.871 bits per heavy atom. The first-order chi connectivity index (χ1) is 33.4. The van der Waals surface area contributed by atoms with Crippen LogP contribution in [-0.2, 0) is 24.0 Å². The molecule has 8 aromatic rings. The summed E-state index contributed by atoms with van der Waals surface area (Å²) in [6.45, 7) is 21.5. The van der Waals surface area contributed by atoms with E-state index in [-0.39, 0.29) is 35.6 Å². The normalized spacial score (nSPS) is 16.2. The lowest BCUT2D eigenvalue weighted by Gasteiger charge is -2.26. The fourth-order valence-corrected chi connectivity index (χ4v) is 9.89. The van der Waals surface area contributed by atoms with Crippen LogP contribution < -0.4 is 20.1 Å². The first-order valence-electron chi connectivity index (χ1n) is 24.0. The summed E-state index contributed by atoms with van der Waals surface area (Å²) in [4.78, 5) is 40.5. The molecular formula is C62H58N4O4. The molecule has 8 aromatic carbocycles. The maximum atomic E-state index is 15.1. The molecule has 0 saturated heterocycles. The van der Waals surface area contributed by atoms with E-state index in [0.717, 1.165) is 32.7 Å². The molecule has 12 bridgehead atoms. The van der Waals surface area contributed by atoms with Crippen molar-refractivity contribution in [1.29, 1.82) is 0 Å². The number of para-hydroxylation sites is 4. The molecule has 0 amide bonds. The first-order valence-corrected chi connectivity index (χ1v) is 24.0. The third-order valence-corrected chi connectivity index (χ3v) is 13.6. The van der Waals surface area contributed by atoms with Gasteiger partial charge in [-0.2, -0.15) is 0 Å². The summed E-state index contributed by atoms with van der Waals surface area (Å²) < 4.78 is 13.5. The number of hydrogen-bond donors (Lipinski definition) is 2. The quantitative estimate of drug-likeness (QED) is 0.147. The molecule has 4 aliphatic heterocycles. The van der Waals surface area contributed by atoms with Crippen molar-refractivity contribution in [2.45, 2.75) is 93.3 Å². The molecule has 8 nitrogen and oxygen atoms in total. The van der Waals surface area contributed by atoms with E-state index in [9.17, 15) is 0 Å². The molecule has 0 aromatic heterocycles. The van der Waals surface area contributed by atoms with Crippen LogP contribution in [-0.4, -0.2) is 23.0 Å². The predicted octanol–water partition coefficient (Wildman–Crippen LogP) is 15.7. The Kier molecular flexibility index (Phi) is 11.5. The minimum Gasteiger partial charge on any atom is -0.489 e. The van der Waals surface area contributed by atoms with Crippen molar-refractivity contribution in [3.63, 3.8) is 0 Å². The van der Waals surface area contributed by atoms with Gasteiger partial charge in [0.15, 0.2) is 11.6 Å². The van der Waals surface area contributed by atoms with Crippen molar-refractivity contribution in [2.24, 2.45) is 9.98 Å². The molecule has 0 aliphatic carbocycles. The summed E-state index contributed by atoms with van der Waals surface area (Å²) in [5.41, 5.74) is 10.6. The maximum absolute atomic E-state index is 15.1. The van der Waals surface area contributed by atoms with Gasteiger partial charge in [-0.05, 0) is 154 Å². The number of hydrogen-bond acceptors (Lipinski definition) is 8. The second kappa shape index (κ2) is 17.6. The van der Waals surface area contributed by atoms with Crippen molar-refractivity contribution in [3.05, 3.63) is 189 Å². The molecule has 70 heavy (non-hydrogen) atoms. The highest BCUT2D eigenvalue weighted by Crippen LogP contribution is 2.44. The van der Waals surface area contributed by atoms with Crippen molar-refractivity contribution in [3.8, 4) is 11.5 Å². The SMILES string of the molecule is CC1=Nc2ccccc2N/C(C)=C2\C(=O)c3cccc(c3)OCc3cc4cc(C(C)(C)C)cc5c(cc6cc(C(C)(C)C)cc3c6c45)COc3cccc(c3)C(=O)C1=C(C)Nc1ccccc1N=C2C. The van der Waals surface area contributed by atoms with E-state index in [4.69, 9.17) is 19.5 Å².